The maximum Gasteiger partial charge on any atom is 0.0931 e. The van der Waals surface area contributed by atoms with Crippen LogP contribution in [-0.2, 0) is 13.0 Å². The van der Waals surface area contributed by atoms with Crippen molar-refractivity contribution in [2.45, 2.75) is 26.8 Å². The third-order valence-electron chi connectivity index (χ3n) is 2.76. The van der Waals surface area contributed by atoms with Crippen LogP contribution in [0.15, 0.2) is 12.1 Å². The molecule has 2 heterocycles. The lowest BCUT2D eigenvalue weighted by Crippen LogP contribution is -2.16. The van der Waals surface area contributed by atoms with Gasteiger partial charge in [0, 0.05) is 17.1 Å². The van der Waals surface area contributed by atoms with Crippen LogP contribution in [0.1, 0.15) is 21.8 Å². The second kappa shape index (κ2) is 5.67. The number of nitrogens with zero attached hydrogens (tertiary/aromatic N) is 1. The van der Waals surface area contributed by atoms with E-state index in [4.69, 9.17) is 11.6 Å². The largest absolute Gasteiger partial charge is 0.312 e. The first kappa shape index (κ1) is 12.6. The molecule has 0 saturated carbocycles. The van der Waals surface area contributed by atoms with Crippen LogP contribution in [0.25, 0.3) is 0 Å². The van der Waals surface area contributed by atoms with Gasteiger partial charge in [0.1, 0.15) is 0 Å². The molecule has 0 unspecified atom stereocenters. The van der Waals surface area contributed by atoms with Gasteiger partial charge in [-0.2, -0.15) is 5.10 Å². The van der Waals surface area contributed by atoms with E-state index in [-0.39, 0.29) is 0 Å². The molecule has 2 aromatic rings. The average molecular weight is 270 g/mol. The lowest BCUT2D eigenvalue weighted by molar-refractivity contribution is 0.691. The summed E-state index contributed by atoms with van der Waals surface area (Å²) in [5, 5.41) is 10.6. The quantitative estimate of drug-likeness (QED) is 0.819. The second-order valence-corrected chi connectivity index (χ2v) is 5.84. The van der Waals surface area contributed by atoms with E-state index in [0.717, 1.165) is 29.5 Å². The van der Waals surface area contributed by atoms with Gasteiger partial charge in [-0.15, -0.1) is 11.3 Å². The SMILES string of the molecule is Cc1n[nH]c(C)c1CCNCc1ccc(Cl)s1. The molecule has 3 nitrogen and oxygen atoms in total. The van der Waals surface area contributed by atoms with Crippen LogP contribution in [0.4, 0.5) is 0 Å². The predicted molar refractivity (Wildman–Crippen MR) is 72.8 cm³/mol. The molecule has 0 bridgehead atoms. The Morgan fingerprint density at radius 2 is 2.24 bits per heavy atom. The van der Waals surface area contributed by atoms with E-state index in [1.165, 1.54) is 16.1 Å². The molecule has 5 heteroatoms. The Balaban J connectivity index is 1.77. The van der Waals surface area contributed by atoms with E-state index >= 15 is 0 Å². The van der Waals surface area contributed by atoms with Gasteiger partial charge in [0.15, 0.2) is 0 Å². The highest BCUT2D eigenvalue weighted by Crippen LogP contribution is 2.21. The number of aromatic nitrogens is 2. The molecule has 0 saturated heterocycles. The van der Waals surface area contributed by atoms with Crippen molar-refractivity contribution in [3.63, 3.8) is 0 Å². The predicted octanol–water partition coefficient (Wildman–Crippen LogP) is 3.07. The summed E-state index contributed by atoms with van der Waals surface area (Å²) in [6.07, 6.45) is 1.01. The van der Waals surface area contributed by atoms with E-state index in [9.17, 15) is 0 Å². The standard InChI is InChI=1S/C12H16ClN3S/c1-8-11(9(2)16-15-8)5-6-14-7-10-3-4-12(13)17-10/h3-4,14H,5-7H2,1-2H3,(H,15,16). The normalized spacial score (nSPS) is 11.0. The summed E-state index contributed by atoms with van der Waals surface area (Å²) >= 11 is 7.50. The Labute approximate surface area is 110 Å². The topological polar surface area (TPSA) is 40.7 Å². The molecule has 17 heavy (non-hydrogen) atoms. The fourth-order valence-electron chi connectivity index (χ4n) is 1.81. The van der Waals surface area contributed by atoms with Crippen molar-refractivity contribution >= 4 is 22.9 Å². The van der Waals surface area contributed by atoms with Gasteiger partial charge in [0.05, 0.1) is 10.0 Å². The molecule has 0 atom stereocenters. The Morgan fingerprint density at radius 1 is 1.41 bits per heavy atom. The van der Waals surface area contributed by atoms with Gasteiger partial charge in [0.2, 0.25) is 0 Å². The van der Waals surface area contributed by atoms with E-state index < -0.39 is 0 Å². The van der Waals surface area contributed by atoms with Crippen LogP contribution in [0.3, 0.4) is 0 Å². The fourth-order valence-corrected chi connectivity index (χ4v) is 2.87. The number of aromatic amines is 1. The monoisotopic (exact) mass is 269 g/mol. The van der Waals surface area contributed by atoms with Gasteiger partial charge >= 0.3 is 0 Å². The van der Waals surface area contributed by atoms with Crippen LogP contribution in [0.5, 0.6) is 0 Å². The van der Waals surface area contributed by atoms with E-state index in [2.05, 4.69) is 28.5 Å². The molecule has 0 spiro atoms. The minimum absolute atomic E-state index is 0.850. The Bertz CT molecular complexity index is 470. The number of nitrogens with one attached hydrogen (secondary N) is 2. The third kappa shape index (κ3) is 3.31. The molecule has 2 N–H and O–H groups in total. The fraction of sp³-hybridized carbons (Fsp3) is 0.417. The van der Waals surface area contributed by atoms with Gasteiger partial charge in [-0.25, -0.2) is 0 Å². The molecule has 0 amide bonds. The Morgan fingerprint density at radius 3 is 2.82 bits per heavy atom. The zero-order chi connectivity index (χ0) is 12.3. The maximum absolute atomic E-state index is 5.87. The molecule has 0 radical (unpaired) electrons. The lowest BCUT2D eigenvalue weighted by atomic mass is 10.1. The molecular weight excluding hydrogens is 254 g/mol. The van der Waals surface area contributed by atoms with Crippen molar-refractivity contribution in [1.29, 1.82) is 0 Å². The van der Waals surface area contributed by atoms with Crippen molar-refractivity contribution in [3.05, 3.63) is 38.3 Å². The van der Waals surface area contributed by atoms with Crippen molar-refractivity contribution in [2.75, 3.05) is 6.54 Å². The summed E-state index contributed by atoms with van der Waals surface area (Å²) in [6.45, 7) is 5.94. The molecule has 0 aliphatic heterocycles. The lowest BCUT2D eigenvalue weighted by Gasteiger charge is -2.03. The maximum atomic E-state index is 5.87. The van der Waals surface area contributed by atoms with Crippen LogP contribution in [-0.4, -0.2) is 16.7 Å². The number of thiophene rings is 1. The zero-order valence-corrected chi connectivity index (χ0v) is 11.6. The highest BCUT2D eigenvalue weighted by Gasteiger charge is 2.05. The van der Waals surface area contributed by atoms with E-state index in [0.29, 0.717) is 0 Å². The minimum atomic E-state index is 0.850. The Kier molecular flexibility index (Phi) is 4.20. The van der Waals surface area contributed by atoms with Gasteiger partial charge in [-0.3, -0.25) is 5.10 Å². The van der Waals surface area contributed by atoms with Gasteiger partial charge in [-0.05, 0) is 44.5 Å². The summed E-state index contributed by atoms with van der Waals surface area (Å²) in [5.74, 6) is 0. The van der Waals surface area contributed by atoms with Crippen LogP contribution >= 0.6 is 22.9 Å². The molecule has 92 valence electrons. The van der Waals surface area contributed by atoms with Crippen molar-refractivity contribution < 1.29 is 0 Å². The molecule has 0 aromatic carbocycles. The summed E-state index contributed by atoms with van der Waals surface area (Å²) in [6, 6.07) is 4.00. The number of rotatable bonds is 5. The number of halogens is 1. The number of hydrogen-bond acceptors (Lipinski definition) is 3. The van der Waals surface area contributed by atoms with E-state index in [1.54, 1.807) is 11.3 Å². The molecule has 0 aliphatic carbocycles. The highest BCUT2D eigenvalue weighted by molar-refractivity contribution is 7.16. The first-order chi connectivity index (χ1) is 8.16. The first-order valence-corrected chi connectivity index (χ1v) is 6.81. The third-order valence-corrected chi connectivity index (χ3v) is 3.99. The summed E-state index contributed by atoms with van der Waals surface area (Å²) in [7, 11) is 0. The molecule has 2 rings (SSSR count). The van der Waals surface area contributed by atoms with Gasteiger partial charge in [0.25, 0.3) is 0 Å². The molecule has 2 aromatic heterocycles. The van der Waals surface area contributed by atoms with E-state index in [1.807, 2.05) is 13.0 Å². The summed E-state index contributed by atoms with van der Waals surface area (Å²) < 4.78 is 0.850. The van der Waals surface area contributed by atoms with Gasteiger partial charge in [-0.1, -0.05) is 11.6 Å². The van der Waals surface area contributed by atoms with Crippen LogP contribution < -0.4 is 5.32 Å². The zero-order valence-electron chi connectivity index (χ0n) is 10.0. The second-order valence-electron chi connectivity index (χ2n) is 4.05. The van der Waals surface area contributed by atoms with Gasteiger partial charge < -0.3 is 5.32 Å². The highest BCUT2D eigenvalue weighted by atomic mass is 35.5. The number of hydrogen-bond donors (Lipinski definition) is 2. The molecular formula is C12H16ClN3S. The average Bonchev–Trinajstić information content (AvgIpc) is 2.83. The number of H-pyrrole nitrogens is 1. The molecule has 0 aliphatic rings. The number of aryl methyl sites for hydroxylation is 2. The van der Waals surface area contributed by atoms with Crippen LogP contribution in [0.2, 0.25) is 4.34 Å². The first-order valence-electron chi connectivity index (χ1n) is 5.62. The summed E-state index contributed by atoms with van der Waals surface area (Å²) in [5.41, 5.74) is 3.59. The van der Waals surface area contributed by atoms with Crippen molar-refractivity contribution in [3.8, 4) is 0 Å². The Hall–Kier alpha value is -0.840. The van der Waals surface area contributed by atoms with Crippen molar-refractivity contribution in [1.82, 2.24) is 15.5 Å². The smallest absolute Gasteiger partial charge is 0.0931 e. The van der Waals surface area contributed by atoms with Crippen LogP contribution in [0, 0.1) is 13.8 Å². The van der Waals surface area contributed by atoms with Crippen molar-refractivity contribution in [2.24, 2.45) is 0 Å². The molecule has 0 fully saturated rings. The summed E-state index contributed by atoms with van der Waals surface area (Å²) in [4.78, 5) is 1.27. The minimum Gasteiger partial charge on any atom is -0.312 e.